The van der Waals surface area contributed by atoms with E-state index in [9.17, 15) is 0 Å². The molecule has 7 rings (SSSR count). The van der Waals surface area contributed by atoms with Crippen LogP contribution in [-0.4, -0.2) is 18.5 Å². The van der Waals surface area contributed by atoms with Crippen LogP contribution in [0.4, 0.5) is 0 Å². The Balaban J connectivity index is 1.56. The molecule has 0 radical (unpaired) electrons. The Morgan fingerprint density at radius 3 is 2.29 bits per heavy atom. The standard InChI is InChI=1S/C28H33NO2/c1-18-8-23(26-13-22-6-4-5-7-25(22)29(26)2)27(31-17-30-3)24(9-18)28-14-19-10-20(15-28)12-21(11-19)16-28/h4-9,13,19-21H,10-12,14-17H2,1-3H3. The van der Waals surface area contributed by atoms with Crippen molar-refractivity contribution in [1.29, 1.82) is 0 Å². The Morgan fingerprint density at radius 1 is 0.968 bits per heavy atom. The van der Waals surface area contributed by atoms with E-state index >= 15 is 0 Å². The number of aromatic nitrogens is 1. The maximum atomic E-state index is 6.43. The van der Waals surface area contributed by atoms with Crippen LogP contribution in [0.1, 0.15) is 49.7 Å². The summed E-state index contributed by atoms with van der Waals surface area (Å²) in [5.74, 6) is 3.77. The molecule has 3 heteroatoms. The molecule has 3 nitrogen and oxygen atoms in total. The van der Waals surface area contributed by atoms with Crippen LogP contribution >= 0.6 is 0 Å². The van der Waals surface area contributed by atoms with Crippen molar-refractivity contribution in [1.82, 2.24) is 4.57 Å². The topological polar surface area (TPSA) is 23.4 Å². The predicted octanol–water partition coefficient (Wildman–Crippen LogP) is 6.60. The van der Waals surface area contributed by atoms with Gasteiger partial charge in [0.2, 0.25) is 0 Å². The van der Waals surface area contributed by atoms with Crippen molar-refractivity contribution in [2.24, 2.45) is 24.8 Å². The molecule has 4 saturated carbocycles. The molecule has 2 aromatic carbocycles. The molecule has 3 aromatic rings. The van der Waals surface area contributed by atoms with Gasteiger partial charge in [0.25, 0.3) is 0 Å². The molecule has 4 fully saturated rings. The fourth-order valence-electron chi connectivity index (χ4n) is 7.62. The summed E-state index contributed by atoms with van der Waals surface area (Å²) in [5.41, 5.74) is 6.75. The first-order valence-electron chi connectivity index (χ1n) is 11.9. The van der Waals surface area contributed by atoms with Crippen molar-refractivity contribution in [2.45, 2.75) is 50.9 Å². The average molecular weight is 416 g/mol. The van der Waals surface area contributed by atoms with Gasteiger partial charge in [0.15, 0.2) is 6.79 Å². The number of rotatable bonds is 5. The van der Waals surface area contributed by atoms with E-state index in [4.69, 9.17) is 9.47 Å². The van der Waals surface area contributed by atoms with Crippen LogP contribution < -0.4 is 4.74 Å². The second-order valence-electron chi connectivity index (χ2n) is 10.6. The summed E-state index contributed by atoms with van der Waals surface area (Å²) in [4.78, 5) is 0. The Labute approximate surface area is 185 Å². The molecule has 0 amide bonds. The van der Waals surface area contributed by atoms with E-state index in [-0.39, 0.29) is 5.41 Å². The Morgan fingerprint density at radius 2 is 1.65 bits per heavy atom. The number of nitrogens with zero attached hydrogens (tertiary/aromatic N) is 1. The number of benzene rings is 2. The molecular formula is C28H33NO2. The molecule has 162 valence electrons. The first kappa shape index (κ1) is 19.4. The van der Waals surface area contributed by atoms with Crippen molar-refractivity contribution >= 4 is 10.9 Å². The minimum absolute atomic E-state index is 0.281. The Hall–Kier alpha value is -2.26. The SMILES string of the molecule is COCOc1c(-c2cc3ccccc3n2C)cc(C)cc1C12CC3CC(CC(C3)C1)C2. The normalized spacial score (nSPS) is 29.1. The monoisotopic (exact) mass is 415 g/mol. The number of methoxy groups -OCH3 is 1. The van der Waals surface area contributed by atoms with Gasteiger partial charge in [0, 0.05) is 36.2 Å². The van der Waals surface area contributed by atoms with Gasteiger partial charge in [-0.25, -0.2) is 0 Å². The van der Waals surface area contributed by atoms with Crippen LogP contribution in [-0.2, 0) is 17.2 Å². The van der Waals surface area contributed by atoms with Crippen LogP contribution in [0.5, 0.6) is 5.75 Å². The molecule has 4 bridgehead atoms. The van der Waals surface area contributed by atoms with Crippen LogP contribution in [0.25, 0.3) is 22.2 Å². The highest BCUT2D eigenvalue weighted by molar-refractivity contribution is 5.88. The third-order valence-electron chi connectivity index (χ3n) is 8.39. The molecule has 1 aromatic heterocycles. The summed E-state index contributed by atoms with van der Waals surface area (Å²) < 4.78 is 14.1. The van der Waals surface area contributed by atoms with Gasteiger partial charge >= 0.3 is 0 Å². The van der Waals surface area contributed by atoms with E-state index in [2.05, 4.69) is 61.0 Å². The van der Waals surface area contributed by atoms with E-state index in [1.54, 1.807) is 7.11 Å². The lowest BCUT2D eigenvalue weighted by Crippen LogP contribution is -2.48. The van der Waals surface area contributed by atoms with E-state index in [1.165, 1.54) is 71.8 Å². The maximum Gasteiger partial charge on any atom is 0.188 e. The predicted molar refractivity (Wildman–Crippen MR) is 125 cm³/mol. The van der Waals surface area contributed by atoms with Crippen LogP contribution in [0.2, 0.25) is 0 Å². The van der Waals surface area contributed by atoms with Crippen molar-refractivity contribution < 1.29 is 9.47 Å². The number of aryl methyl sites for hydroxylation is 2. The van der Waals surface area contributed by atoms with E-state index in [1.807, 2.05) is 0 Å². The van der Waals surface area contributed by atoms with Crippen molar-refractivity contribution in [3.05, 3.63) is 53.6 Å². The van der Waals surface area contributed by atoms with Crippen molar-refractivity contribution in [2.75, 3.05) is 13.9 Å². The molecule has 0 unspecified atom stereocenters. The summed E-state index contributed by atoms with van der Waals surface area (Å²) in [6.07, 6.45) is 8.36. The number of fused-ring (bicyclic) bond motifs is 1. The van der Waals surface area contributed by atoms with Crippen molar-refractivity contribution in [3.63, 3.8) is 0 Å². The van der Waals surface area contributed by atoms with Gasteiger partial charge in [0.05, 0.1) is 5.69 Å². The first-order valence-corrected chi connectivity index (χ1v) is 11.9. The second kappa shape index (κ2) is 7.13. The van der Waals surface area contributed by atoms with Crippen molar-refractivity contribution in [3.8, 4) is 17.0 Å². The Bertz CT molecular complexity index is 1110. The third-order valence-corrected chi connectivity index (χ3v) is 8.39. The summed E-state index contributed by atoms with van der Waals surface area (Å²) in [7, 11) is 3.89. The minimum Gasteiger partial charge on any atom is -0.467 e. The molecule has 1 heterocycles. The summed E-state index contributed by atoms with van der Waals surface area (Å²) >= 11 is 0. The highest BCUT2D eigenvalue weighted by atomic mass is 16.7. The lowest BCUT2D eigenvalue weighted by Gasteiger charge is -2.57. The van der Waals surface area contributed by atoms with E-state index in [0.29, 0.717) is 6.79 Å². The number of hydrogen-bond acceptors (Lipinski definition) is 2. The smallest absolute Gasteiger partial charge is 0.188 e. The molecule has 0 spiro atoms. The van der Waals surface area contributed by atoms with Gasteiger partial charge in [-0.05, 0) is 92.4 Å². The van der Waals surface area contributed by atoms with E-state index in [0.717, 1.165) is 23.5 Å². The van der Waals surface area contributed by atoms with Gasteiger partial charge in [-0.15, -0.1) is 0 Å². The zero-order valence-corrected chi connectivity index (χ0v) is 19.0. The average Bonchev–Trinajstić information content (AvgIpc) is 3.08. The summed E-state index contributed by atoms with van der Waals surface area (Å²) in [6, 6.07) is 15.7. The zero-order valence-electron chi connectivity index (χ0n) is 19.0. The van der Waals surface area contributed by atoms with Gasteiger partial charge in [-0.3, -0.25) is 0 Å². The fourth-order valence-corrected chi connectivity index (χ4v) is 7.62. The third kappa shape index (κ3) is 3.04. The van der Waals surface area contributed by atoms with Crippen LogP contribution in [0.3, 0.4) is 0 Å². The second-order valence-corrected chi connectivity index (χ2v) is 10.6. The summed E-state index contributed by atoms with van der Waals surface area (Å²) in [5, 5.41) is 1.27. The quantitative estimate of drug-likeness (QED) is 0.438. The first-order chi connectivity index (χ1) is 15.1. The Kier molecular flexibility index (Phi) is 4.47. The van der Waals surface area contributed by atoms with Gasteiger partial charge in [-0.2, -0.15) is 0 Å². The zero-order chi connectivity index (χ0) is 21.2. The molecule has 0 atom stereocenters. The highest BCUT2D eigenvalue weighted by Gasteiger charge is 2.52. The van der Waals surface area contributed by atoms with Gasteiger partial charge < -0.3 is 14.0 Å². The van der Waals surface area contributed by atoms with Crippen LogP contribution in [0, 0.1) is 24.7 Å². The van der Waals surface area contributed by atoms with E-state index < -0.39 is 0 Å². The highest BCUT2D eigenvalue weighted by Crippen LogP contribution is 2.62. The van der Waals surface area contributed by atoms with Gasteiger partial charge in [0.1, 0.15) is 5.75 Å². The number of para-hydroxylation sites is 1. The fraction of sp³-hybridized carbons (Fsp3) is 0.500. The minimum atomic E-state index is 0.281. The number of hydrogen-bond donors (Lipinski definition) is 0. The summed E-state index contributed by atoms with van der Waals surface area (Å²) in [6.45, 7) is 2.54. The number of ether oxygens (including phenoxy) is 2. The molecule has 31 heavy (non-hydrogen) atoms. The molecule has 4 aliphatic rings. The van der Waals surface area contributed by atoms with Gasteiger partial charge in [-0.1, -0.05) is 24.3 Å². The maximum absolute atomic E-state index is 6.43. The molecule has 4 aliphatic carbocycles. The lowest BCUT2D eigenvalue weighted by molar-refractivity contribution is -0.00878. The van der Waals surface area contributed by atoms with Crippen LogP contribution in [0.15, 0.2) is 42.5 Å². The molecule has 0 saturated heterocycles. The molecule has 0 aliphatic heterocycles. The molecule has 0 N–H and O–H groups in total. The largest absolute Gasteiger partial charge is 0.467 e. The molecular weight excluding hydrogens is 382 g/mol. The lowest BCUT2D eigenvalue weighted by atomic mass is 9.48.